The molecule has 96 valence electrons. The SMILES string of the molecule is CCc1nsc(N2CC(C)(C)OC(C)(C)C2)n1. The van der Waals surface area contributed by atoms with Gasteiger partial charge in [-0.3, -0.25) is 0 Å². The second-order valence-electron chi connectivity index (χ2n) is 5.82. The molecule has 4 nitrogen and oxygen atoms in total. The summed E-state index contributed by atoms with van der Waals surface area (Å²) in [5.74, 6) is 0.937. The Labute approximate surface area is 107 Å². The second kappa shape index (κ2) is 4.21. The Morgan fingerprint density at radius 3 is 2.29 bits per heavy atom. The number of nitrogens with zero attached hydrogens (tertiary/aromatic N) is 3. The molecule has 0 bridgehead atoms. The lowest BCUT2D eigenvalue weighted by molar-refractivity contribution is -0.133. The lowest BCUT2D eigenvalue weighted by Gasteiger charge is -2.46. The Kier molecular flexibility index (Phi) is 3.16. The van der Waals surface area contributed by atoms with E-state index in [-0.39, 0.29) is 11.2 Å². The Hall–Kier alpha value is -0.680. The van der Waals surface area contributed by atoms with Gasteiger partial charge in [0.05, 0.1) is 11.2 Å². The molecule has 0 aromatic carbocycles. The second-order valence-corrected chi connectivity index (χ2v) is 6.55. The first-order chi connectivity index (χ1) is 7.81. The average molecular weight is 255 g/mol. The fourth-order valence-corrected chi connectivity index (χ4v) is 3.19. The van der Waals surface area contributed by atoms with Crippen molar-refractivity contribution in [1.82, 2.24) is 9.36 Å². The number of aryl methyl sites for hydroxylation is 1. The molecule has 0 aliphatic carbocycles. The van der Waals surface area contributed by atoms with Gasteiger partial charge in [0.1, 0.15) is 5.82 Å². The summed E-state index contributed by atoms with van der Waals surface area (Å²) in [7, 11) is 0. The molecule has 1 saturated heterocycles. The first-order valence-electron chi connectivity index (χ1n) is 6.09. The molecular weight excluding hydrogens is 234 g/mol. The first-order valence-corrected chi connectivity index (χ1v) is 6.86. The predicted molar refractivity (Wildman–Crippen MR) is 70.7 cm³/mol. The number of morpholine rings is 1. The zero-order valence-corrected chi connectivity index (χ0v) is 12.1. The zero-order valence-electron chi connectivity index (χ0n) is 11.3. The number of hydrogen-bond donors (Lipinski definition) is 0. The lowest BCUT2D eigenvalue weighted by atomic mass is 9.99. The van der Waals surface area contributed by atoms with Gasteiger partial charge in [-0.2, -0.15) is 4.37 Å². The van der Waals surface area contributed by atoms with E-state index in [9.17, 15) is 0 Å². The maximum absolute atomic E-state index is 6.06. The van der Waals surface area contributed by atoms with Crippen molar-refractivity contribution < 1.29 is 4.74 Å². The van der Waals surface area contributed by atoms with Crippen LogP contribution in [0.2, 0.25) is 0 Å². The lowest BCUT2D eigenvalue weighted by Crippen LogP contribution is -2.57. The summed E-state index contributed by atoms with van der Waals surface area (Å²) in [6.45, 7) is 12.3. The Balaban J connectivity index is 2.20. The van der Waals surface area contributed by atoms with Gasteiger partial charge in [-0.1, -0.05) is 6.92 Å². The van der Waals surface area contributed by atoms with Gasteiger partial charge < -0.3 is 9.64 Å². The smallest absolute Gasteiger partial charge is 0.205 e. The Bertz CT molecular complexity index is 384. The summed E-state index contributed by atoms with van der Waals surface area (Å²) in [6, 6.07) is 0. The maximum Gasteiger partial charge on any atom is 0.205 e. The van der Waals surface area contributed by atoms with Crippen LogP contribution in [0.15, 0.2) is 0 Å². The first kappa shape index (κ1) is 12.8. The molecule has 0 spiro atoms. The molecule has 0 atom stereocenters. The largest absolute Gasteiger partial charge is 0.366 e. The van der Waals surface area contributed by atoms with E-state index in [1.54, 1.807) is 0 Å². The van der Waals surface area contributed by atoms with Crippen LogP contribution in [0.25, 0.3) is 0 Å². The summed E-state index contributed by atoms with van der Waals surface area (Å²) in [5.41, 5.74) is -0.278. The molecule has 0 amide bonds. The third-order valence-corrected chi connectivity index (χ3v) is 3.55. The average Bonchev–Trinajstić information content (AvgIpc) is 2.60. The van der Waals surface area contributed by atoms with Crippen molar-refractivity contribution in [3.8, 4) is 0 Å². The number of hydrogen-bond acceptors (Lipinski definition) is 5. The monoisotopic (exact) mass is 255 g/mol. The Morgan fingerprint density at radius 2 is 1.82 bits per heavy atom. The predicted octanol–water partition coefficient (Wildman–Crippen LogP) is 2.49. The van der Waals surface area contributed by atoms with Crippen LogP contribution in [0.5, 0.6) is 0 Å². The molecule has 0 radical (unpaired) electrons. The van der Waals surface area contributed by atoms with Crippen molar-refractivity contribution in [1.29, 1.82) is 0 Å². The standard InChI is InChI=1S/C12H21N3OS/c1-6-9-13-10(17-14-9)15-7-11(2,3)16-12(4,5)8-15/h6-8H2,1-5H3. The summed E-state index contributed by atoms with van der Waals surface area (Å²) in [6.07, 6.45) is 0.896. The third kappa shape index (κ3) is 2.96. The normalized spacial score (nSPS) is 22.8. The van der Waals surface area contributed by atoms with E-state index >= 15 is 0 Å². The number of aromatic nitrogens is 2. The van der Waals surface area contributed by atoms with Crippen molar-refractivity contribution >= 4 is 16.7 Å². The minimum atomic E-state index is -0.139. The molecule has 1 aromatic heterocycles. The van der Waals surface area contributed by atoms with Gasteiger partial charge in [0.2, 0.25) is 5.13 Å². The molecule has 0 saturated carbocycles. The molecule has 5 heteroatoms. The highest BCUT2D eigenvalue weighted by Gasteiger charge is 2.39. The van der Waals surface area contributed by atoms with Crippen molar-refractivity contribution in [3.05, 3.63) is 5.82 Å². The number of ether oxygens (including phenoxy) is 1. The summed E-state index contributed by atoms with van der Waals surface area (Å²) in [5, 5.41) is 1.02. The van der Waals surface area contributed by atoms with E-state index < -0.39 is 0 Å². The van der Waals surface area contributed by atoms with Crippen LogP contribution in [0.3, 0.4) is 0 Å². The van der Waals surface area contributed by atoms with Crippen LogP contribution in [0, 0.1) is 0 Å². The molecule has 17 heavy (non-hydrogen) atoms. The van der Waals surface area contributed by atoms with E-state index in [1.165, 1.54) is 11.5 Å². The van der Waals surface area contributed by atoms with Gasteiger partial charge in [-0.25, -0.2) is 4.98 Å². The van der Waals surface area contributed by atoms with E-state index in [0.717, 1.165) is 30.5 Å². The van der Waals surface area contributed by atoms with Crippen molar-refractivity contribution in [3.63, 3.8) is 0 Å². The minimum absolute atomic E-state index is 0.139. The molecule has 2 rings (SSSR count). The minimum Gasteiger partial charge on any atom is -0.366 e. The summed E-state index contributed by atoms with van der Waals surface area (Å²) in [4.78, 5) is 6.85. The molecular formula is C12H21N3OS. The fraction of sp³-hybridized carbons (Fsp3) is 0.833. The molecule has 1 aliphatic rings. The van der Waals surface area contributed by atoms with Crippen molar-refractivity contribution in [2.45, 2.75) is 52.2 Å². The topological polar surface area (TPSA) is 38.2 Å². The molecule has 0 N–H and O–H groups in total. The van der Waals surface area contributed by atoms with E-state index in [4.69, 9.17) is 4.74 Å². The van der Waals surface area contributed by atoms with Gasteiger partial charge in [-0.15, -0.1) is 0 Å². The molecule has 2 heterocycles. The van der Waals surface area contributed by atoms with Gasteiger partial charge in [0, 0.05) is 31.0 Å². The van der Waals surface area contributed by atoms with Crippen LogP contribution >= 0.6 is 11.5 Å². The molecule has 1 fully saturated rings. The van der Waals surface area contributed by atoms with Crippen LogP contribution in [0.1, 0.15) is 40.4 Å². The highest BCUT2D eigenvalue weighted by molar-refractivity contribution is 7.09. The van der Waals surface area contributed by atoms with Crippen LogP contribution < -0.4 is 4.90 Å². The van der Waals surface area contributed by atoms with Crippen molar-refractivity contribution in [2.75, 3.05) is 18.0 Å². The quantitative estimate of drug-likeness (QED) is 0.814. The van der Waals surface area contributed by atoms with Gasteiger partial charge in [-0.05, 0) is 27.7 Å². The van der Waals surface area contributed by atoms with E-state index in [0.29, 0.717) is 0 Å². The van der Waals surface area contributed by atoms with Gasteiger partial charge >= 0.3 is 0 Å². The summed E-state index contributed by atoms with van der Waals surface area (Å²) < 4.78 is 10.4. The zero-order chi connectivity index (χ0) is 12.7. The molecule has 0 unspecified atom stereocenters. The van der Waals surface area contributed by atoms with E-state index in [2.05, 4.69) is 48.9 Å². The maximum atomic E-state index is 6.06. The highest BCUT2D eigenvalue weighted by atomic mass is 32.1. The molecule has 1 aliphatic heterocycles. The van der Waals surface area contributed by atoms with E-state index in [1.807, 2.05) is 0 Å². The number of anilines is 1. The fourth-order valence-electron chi connectivity index (χ4n) is 2.44. The Morgan fingerprint density at radius 1 is 1.24 bits per heavy atom. The van der Waals surface area contributed by atoms with Crippen LogP contribution in [-0.4, -0.2) is 33.6 Å². The van der Waals surface area contributed by atoms with Crippen LogP contribution in [0.4, 0.5) is 5.13 Å². The van der Waals surface area contributed by atoms with Crippen LogP contribution in [-0.2, 0) is 11.2 Å². The highest BCUT2D eigenvalue weighted by Crippen LogP contribution is 2.31. The van der Waals surface area contributed by atoms with Gasteiger partial charge in [0.15, 0.2) is 0 Å². The third-order valence-electron chi connectivity index (χ3n) is 2.74. The molecule has 1 aromatic rings. The number of rotatable bonds is 2. The van der Waals surface area contributed by atoms with Crippen molar-refractivity contribution in [2.24, 2.45) is 0 Å². The summed E-state index contributed by atoms with van der Waals surface area (Å²) >= 11 is 1.49. The van der Waals surface area contributed by atoms with Gasteiger partial charge in [0.25, 0.3) is 0 Å².